The Balaban J connectivity index is 1.86. The Morgan fingerprint density at radius 3 is 2.15 bits per heavy atom. The number of nitrogens with one attached hydrogen (secondary N) is 1. The fourth-order valence-corrected chi connectivity index (χ4v) is 5.10. The molecular formula is C28H20F7NO3. The van der Waals surface area contributed by atoms with E-state index in [-0.39, 0.29) is 34.1 Å². The van der Waals surface area contributed by atoms with E-state index in [1.54, 1.807) is 19.1 Å². The Kier molecular flexibility index (Phi) is 5.89. The van der Waals surface area contributed by atoms with E-state index in [1.807, 2.05) is 19.9 Å². The summed E-state index contributed by atoms with van der Waals surface area (Å²) in [6, 6.07) is 5.95. The van der Waals surface area contributed by atoms with Gasteiger partial charge in [0.25, 0.3) is 0 Å². The second-order valence-electron chi connectivity index (χ2n) is 9.73. The first-order valence-electron chi connectivity index (χ1n) is 11.5. The summed E-state index contributed by atoms with van der Waals surface area (Å²) in [5.74, 6) is -10.1. The molecule has 0 aliphatic carbocycles. The van der Waals surface area contributed by atoms with Crippen LogP contribution < -0.4 is 14.8 Å². The minimum atomic E-state index is -5.67. The molecule has 0 atom stereocenters. The quantitative estimate of drug-likeness (QED) is 0.249. The molecule has 0 aromatic heterocycles. The van der Waals surface area contributed by atoms with Crippen molar-refractivity contribution in [3.8, 4) is 28.4 Å². The van der Waals surface area contributed by atoms with E-state index in [0.29, 0.717) is 28.5 Å². The summed E-state index contributed by atoms with van der Waals surface area (Å²) in [6.45, 7) is 5.58. The van der Waals surface area contributed by atoms with Gasteiger partial charge >= 0.3 is 6.18 Å². The Morgan fingerprint density at radius 1 is 0.923 bits per heavy atom. The molecule has 0 unspecified atom stereocenters. The molecule has 2 aliphatic heterocycles. The van der Waals surface area contributed by atoms with E-state index in [1.165, 1.54) is 19.2 Å². The molecule has 0 amide bonds. The van der Waals surface area contributed by atoms with Crippen LogP contribution in [-0.2, 0) is 6.18 Å². The SMILES string of the molecule is COc1c(O)ccc2c1-c1ccc3c(c1C(=Cc1c(F)c(F)c(C(F)(F)F)c(F)c1F)O2)C(C)=CC(C)(C)N3. The van der Waals surface area contributed by atoms with Gasteiger partial charge in [0.1, 0.15) is 17.1 Å². The van der Waals surface area contributed by atoms with Gasteiger partial charge in [0.05, 0.1) is 23.8 Å². The number of alkyl halides is 3. The highest BCUT2D eigenvalue weighted by Crippen LogP contribution is 2.54. The summed E-state index contributed by atoms with van der Waals surface area (Å²) < 4.78 is 109. The van der Waals surface area contributed by atoms with E-state index in [0.717, 1.165) is 0 Å². The molecule has 11 heteroatoms. The van der Waals surface area contributed by atoms with Crippen molar-refractivity contribution in [3.63, 3.8) is 0 Å². The lowest BCUT2D eigenvalue weighted by Gasteiger charge is -2.35. The number of methoxy groups -OCH3 is 1. The minimum absolute atomic E-state index is 0.0301. The van der Waals surface area contributed by atoms with Crippen LogP contribution in [-0.4, -0.2) is 17.8 Å². The Bertz CT molecular complexity index is 1590. The van der Waals surface area contributed by atoms with Gasteiger partial charge in [-0.15, -0.1) is 0 Å². The number of fused-ring (bicyclic) bond motifs is 5. The van der Waals surface area contributed by atoms with Gasteiger partial charge in [-0.05, 0) is 50.6 Å². The number of anilines is 1. The monoisotopic (exact) mass is 551 g/mol. The molecule has 5 rings (SSSR count). The van der Waals surface area contributed by atoms with Crippen LogP contribution in [0.5, 0.6) is 17.2 Å². The number of hydrogen-bond acceptors (Lipinski definition) is 4. The molecule has 0 spiro atoms. The summed E-state index contributed by atoms with van der Waals surface area (Å²) in [5, 5.41) is 13.7. The number of ether oxygens (including phenoxy) is 2. The smallest absolute Gasteiger partial charge is 0.422 e. The maximum absolute atomic E-state index is 14.9. The standard InChI is InChI=1S/C28H20F7NO3/c1-11-10-27(2,3)36-14-6-5-12-19(18(11)14)17(39-16-8-7-15(37)26(38-4)20(12)16)9-13-22(29)24(31)21(28(33,34)35)25(32)23(13)30/h5-10,36-37H,1-4H3. The molecule has 2 N–H and O–H groups in total. The molecule has 2 heterocycles. The number of halogens is 7. The molecule has 0 saturated carbocycles. The largest absolute Gasteiger partial charge is 0.504 e. The Labute approximate surface area is 218 Å². The minimum Gasteiger partial charge on any atom is -0.504 e. The van der Waals surface area contributed by atoms with Gasteiger partial charge in [0.2, 0.25) is 0 Å². The van der Waals surface area contributed by atoms with Crippen LogP contribution >= 0.6 is 0 Å². The van der Waals surface area contributed by atoms with Crippen molar-refractivity contribution in [3.05, 3.63) is 75.9 Å². The first-order valence-corrected chi connectivity index (χ1v) is 11.5. The molecule has 4 nitrogen and oxygen atoms in total. The predicted octanol–water partition coefficient (Wildman–Crippen LogP) is 8.14. The third-order valence-electron chi connectivity index (χ3n) is 6.53. The molecule has 3 aromatic rings. The van der Waals surface area contributed by atoms with Gasteiger partial charge < -0.3 is 19.9 Å². The lowest BCUT2D eigenvalue weighted by Crippen LogP contribution is -2.32. The zero-order valence-corrected chi connectivity index (χ0v) is 20.9. The van der Waals surface area contributed by atoms with Gasteiger partial charge in [-0.2, -0.15) is 13.2 Å². The van der Waals surface area contributed by atoms with Crippen molar-refractivity contribution in [2.75, 3.05) is 12.4 Å². The second kappa shape index (κ2) is 8.69. The van der Waals surface area contributed by atoms with Gasteiger partial charge in [0.15, 0.2) is 34.8 Å². The van der Waals surface area contributed by atoms with Gasteiger partial charge in [0, 0.05) is 22.4 Å². The van der Waals surface area contributed by atoms with Crippen molar-refractivity contribution >= 4 is 23.1 Å². The van der Waals surface area contributed by atoms with Crippen molar-refractivity contribution in [2.24, 2.45) is 0 Å². The molecular weight excluding hydrogens is 531 g/mol. The summed E-state index contributed by atoms with van der Waals surface area (Å²) in [4.78, 5) is 0. The molecule has 0 bridgehead atoms. The molecule has 204 valence electrons. The number of phenols is 1. The van der Waals surface area contributed by atoms with Crippen molar-refractivity contribution in [2.45, 2.75) is 32.5 Å². The second-order valence-corrected chi connectivity index (χ2v) is 9.73. The number of hydrogen-bond donors (Lipinski definition) is 2. The zero-order chi connectivity index (χ0) is 28.6. The fourth-order valence-electron chi connectivity index (χ4n) is 5.10. The summed E-state index contributed by atoms with van der Waals surface area (Å²) in [5.41, 5.74) is -1.89. The maximum Gasteiger partial charge on any atom is 0.422 e. The molecule has 0 fully saturated rings. The van der Waals surface area contributed by atoms with Gasteiger partial charge in [-0.3, -0.25) is 0 Å². The molecule has 3 aromatic carbocycles. The van der Waals surface area contributed by atoms with Crippen LogP contribution in [0.3, 0.4) is 0 Å². The van der Waals surface area contributed by atoms with E-state index < -0.39 is 46.1 Å². The van der Waals surface area contributed by atoms with Crippen LogP contribution in [0.1, 0.15) is 43.0 Å². The van der Waals surface area contributed by atoms with Crippen molar-refractivity contribution < 1.29 is 45.3 Å². The summed E-state index contributed by atoms with van der Waals surface area (Å²) in [7, 11) is 1.31. The third-order valence-corrected chi connectivity index (χ3v) is 6.53. The lowest BCUT2D eigenvalue weighted by atomic mass is 9.82. The molecule has 2 aliphatic rings. The van der Waals surface area contributed by atoms with Crippen molar-refractivity contribution in [1.82, 2.24) is 0 Å². The van der Waals surface area contributed by atoms with E-state index in [9.17, 15) is 35.8 Å². The van der Waals surface area contributed by atoms with Crippen LogP contribution in [0.4, 0.5) is 36.4 Å². The summed E-state index contributed by atoms with van der Waals surface area (Å²) in [6.07, 6.45) is -3.18. The average Bonchev–Trinajstić information content (AvgIpc) is 2.83. The first-order chi connectivity index (χ1) is 18.2. The highest BCUT2D eigenvalue weighted by molar-refractivity contribution is 6.02. The van der Waals surface area contributed by atoms with Crippen LogP contribution in [0, 0.1) is 23.3 Å². The van der Waals surface area contributed by atoms with Gasteiger partial charge in [-0.25, -0.2) is 17.6 Å². The van der Waals surface area contributed by atoms with Crippen LogP contribution in [0.25, 0.3) is 28.5 Å². The van der Waals surface area contributed by atoms with E-state index in [4.69, 9.17) is 9.47 Å². The van der Waals surface area contributed by atoms with Crippen LogP contribution in [0.15, 0.2) is 30.3 Å². The average molecular weight is 551 g/mol. The highest BCUT2D eigenvalue weighted by Gasteiger charge is 2.42. The topological polar surface area (TPSA) is 50.7 Å². The third kappa shape index (κ3) is 4.07. The normalized spacial score (nSPS) is 16.5. The van der Waals surface area contributed by atoms with E-state index in [2.05, 4.69) is 5.32 Å². The molecule has 0 radical (unpaired) electrons. The van der Waals surface area contributed by atoms with Gasteiger partial charge in [-0.1, -0.05) is 12.1 Å². The zero-order valence-electron chi connectivity index (χ0n) is 20.9. The Hall–Kier alpha value is -4.15. The molecule has 39 heavy (non-hydrogen) atoms. The lowest BCUT2D eigenvalue weighted by molar-refractivity contribution is -0.143. The summed E-state index contributed by atoms with van der Waals surface area (Å²) >= 11 is 0. The highest BCUT2D eigenvalue weighted by atomic mass is 19.4. The number of phenolic OH excluding ortho intramolecular Hbond substituents is 1. The van der Waals surface area contributed by atoms with E-state index >= 15 is 0 Å². The molecule has 0 saturated heterocycles. The number of allylic oxidation sites excluding steroid dienone is 1. The Morgan fingerprint density at radius 2 is 1.56 bits per heavy atom. The fraction of sp³-hybridized carbons (Fsp3) is 0.214. The maximum atomic E-state index is 14.9. The van der Waals surface area contributed by atoms with Crippen LogP contribution in [0.2, 0.25) is 0 Å². The number of aromatic hydroxyl groups is 1. The number of rotatable bonds is 2. The number of benzene rings is 3. The predicted molar refractivity (Wildman–Crippen MR) is 131 cm³/mol. The van der Waals surface area contributed by atoms with Crippen molar-refractivity contribution in [1.29, 1.82) is 0 Å². The first kappa shape index (κ1) is 26.5.